The minimum atomic E-state index is -0.741. The van der Waals surface area contributed by atoms with E-state index in [-0.39, 0.29) is 23.1 Å². The van der Waals surface area contributed by atoms with Crippen LogP contribution in [0.15, 0.2) is 23.1 Å². The number of carboxylic acids is 1. The van der Waals surface area contributed by atoms with Crippen LogP contribution in [0, 0.1) is 5.92 Å². The number of nitrogens with one attached hydrogen (secondary N) is 1. The Bertz CT molecular complexity index is 589. The highest BCUT2D eigenvalue weighted by Gasteiger charge is 2.28. The first kappa shape index (κ1) is 18.4. The van der Waals surface area contributed by atoms with Crippen molar-refractivity contribution in [3.8, 4) is 0 Å². The number of hydrogen-bond acceptors (Lipinski definition) is 3. The molecule has 1 fully saturated rings. The maximum atomic E-state index is 12.3. The molecule has 1 aliphatic rings. The van der Waals surface area contributed by atoms with Gasteiger partial charge in [0.1, 0.15) is 0 Å². The van der Waals surface area contributed by atoms with E-state index in [1.54, 1.807) is 18.2 Å². The summed E-state index contributed by atoms with van der Waals surface area (Å²) < 4.78 is 0. The number of carbonyl (C=O) groups excluding carboxylic acids is 1. The standard InChI is InChI=1S/C16H19Cl2NO3S/c1-9(23-14-8-11(17)4-7-13(14)18)15(20)19-12-5-2-10(3-6-12)16(21)22/h4,7-10,12H,2-3,5-6H2,1H3,(H,19,20)(H,21,22). The second-order valence-electron chi connectivity index (χ2n) is 5.73. The largest absolute Gasteiger partial charge is 0.481 e. The van der Waals surface area contributed by atoms with Crippen molar-refractivity contribution in [2.75, 3.05) is 0 Å². The normalized spacial score (nSPS) is 22.4. The Balaban J connectivity index is 1.86. The topological polar surface area (TPSA) is 66.4 Å². The second kappa shape index (κ2) is 8.27. The SMILES string of the molecule is CC(Sc1cc(Cl)ccc1Cl)C(=O)NC1CCC(C(=O)O)CC1. The molecule has 23 heavy (non-hydrogen) atoms. The molecule has 2 rings (SSSR count). The van der Waals surface area contributed by atoms with E-state index < -0.39 is 5.97 Å². The third-order valence-corrected chi connectivity index (χ3v) is 5.83. The number of halogens is 2. The second-order valence-corrected chi connectivity index (χ2v) is 7.96. The Labute approximate surface area is 149 Å². The Hall–Kier alpha value is -0.910. The molecule has 4 nitrogen and oxygen atoms in total. The van der Waals surface area contributed by atoms with Gasteiger partial charge < -0.3 is 10.4 Å². The fourth-order valence-corrected chi connectivity index (χ4v) is 4.03. The van der Waals surface area contributed by atoms with Crippen LogP contribution in [0.25, 0.3) is 0 Å². The van der Waals surface area contributed by atoms with Crippen LogP contribution in [0.1, 0.15) is 32.6 Å². The van der Waals surface area contributed by atoms with E-state index >= 15 is 0 Å². The molecule has 126 valence electrons. The molecule has 1 amide bonds. The van der Waals surface area contributed by atoms with Crippen molar-refractivity contribution >= 4 is 46.8 Å². The van der Waals surface area contributed by atoms with Crippen molar-refractivity contribution in [1.29, 1.82) is 0 Å². The molecule has 1 aromatic carbocycles. The van der Waals surface area contributed by atoms with Crippen LogP contribution in [0.4, 0.5) is 0 Å². The first-order chi connectivity index (χ1) is 10.9. The highest BCUT2D eigenvalue weighted by Crippen LogP contribution is 2.33. The number of benzene rings is 1. The predicted octanol–water partition coefficient (Wildman–Crippen LogP) is 4.23. The number of carbonyl (C=O) groups is 2. The number of amides is 1. The van der Waals surface area contributed by atoms with Crippen molar-refractivity contribution in [3.63, 3.8) is 0 Å². The van der Waals surface area contributed by atoms with Crippen molar-refractivity contribution in [2.24, 2.45) is 5.92 Å². The van der Waals surface area contributed by atoms with Gasteiger partial charge in [-0.15, -0.1) is 11.8 Å². The molecule has 0 heterocycles. The summed E-state index contributed by atoms with van der Waals surface area (Å²) in [5.41, 5.74) is 0. The fourth-order valence-electron chi connectivity index (χ4n) is 2.61. The van der Waals surface area contributed by atoms with Crippen LogP contribution in [0.5, 0.6) is 0 Å². The maximum Gasteiger partial charge on any atom is 0.306 e. The van der Waals surface area contributed by atoms with Gasteiger partial charge in [-0.2, -0.15) is 0 Å². The Kier molecular flexibility index (Phi) is 6.62. The molecule has 1 saturated carbocycles. The van der Waals surface area contributed by atoms with E-state index in [2.05, 4.69) is 5.32 Å². The summed E-state index contributed by atoms with van der Waals surface area (Å²) in [4.78, 5) is 24.0. The minimum Gasteiger partial charge on any atom is -0.481 e. The van der Waals surface area contributed by atoms with Gasteiger partial charge >= 0.3 is 5.97 Å². The van der Waals surface area contributed by atoms with Gasteiger partial charge in [-0.25, -0.2) is 0 Å². The molecule has 0 saturated heterocycles. The zero-order valence-electron chi connectivity index (χ0n) is 12.7. The van der Waals surface area contributed by atoms with Gasteiger partial charge in [-0.1, -0.05) is 23.2 Å². The average Bonchev–Trinajstić information content (AvgIpc) is 2.51. The smallest absolute Gasteiger partial charge is 0.306 e. The maximum absolute atomic E-state index is 12.3. The molecular weight excluding hydrogens is 357 g/mol. The highest BCUT2D eigenvalue weighted by atomic mass is 35.5. The van der Waals surface area contributed by atoms with Crippen LogP contribution in [0.3, 0.4) is 0 Å². The number of thioether (sulfide) groups is 1. The van der Waals surface area contributed by atoms with Crippen LogP contribution in [0.2, 0.25) is 10.0 Å². The van der Waals surface area contributed by atoms with E-state index in [1.165, 1.54) is 11.8 Å². The quantitative estimate of drug-likeness (QED) is 0.755. The first-order valence-corrected chi connectivity index (χ1v) is 9.15. The summed E-state index contributed by atoms with van der Waals surface area (Å²) in [7, 11) is 0. The molecule has 0 aliphatic heterocycles. The third-order valence-electron chi connectivity index (χ3n) is 3.99. The summed E-state index contributed by atoms with van der Waals surface area (Å²) in [6.45, 7) is 1.82. The molecule has 7 heteroatoms. The summed E-state index contributed by atoms with van der Waals surface area (Å²) >= 11 is 13.4. The van der Waals surface area contributed by atoms with Crippen molar-refractivity contribution < 1.29 is 14.7 Å². The molecular formula is C16H19Cl2NO3S. The summed E-state index contributed by atoms with van der Waals surface area (Å²) in [5.74, 6) is -1.08. The molecule has 1 atom stereocenters. The van der Waals surface area contributed by atoms with Crippen molar-refractivity contribution in [2.45, 2.75) is 48.8 Å². The Morgan fingerprint density at radius 2 is 1.91 bits per heavy atom. The summed E-state index contributed by atoms with van der Waals surface area (Å²) in [6, 6.07) is 5.22. The van der Waals surface area contributed by atoms with E-state index in [0.717, 1.165) is 4.90 Å². The Morgan fingerprint density at radius 3 is 2.52 bits per heavy atom. The zero-order chi connectivity index (χ0) is 17.0. The van der Waals surface area contributed by atoms with Crippen molar-refractivity contribution in [3.05, 3.63) is 28.2 Å². The Morgan fingerprint density at radius 1 is 1.26 bits per heavy atom. The molecule has 0 spiro atoms. The first-order valence-electron chi connectivity index (χ1n) is 7.51. The lowest BCUT2D eigenvalue weighted by molar-refractivity contribution is -0.142. The van der Waals surface area contributed by atoms with Gasteiger partial charge in [0.2, 0.25) is 5.91 Å². The fraction of sp³-hybridized carbons (Fsp3) is 0.500. The molecule has 2 N–H and O–H groups in total. The van der Waals surface area contributed by atoms with Gasteiger partial charge in [0.05, 0.1) is 16.2 Å². The summed E-state index contributed by atoms with van der Waals surface area (Å²) in [5, 5.41) is 12.8. The highest BCUT2D eigenvalue weighted by molar-refractivity contribution is 8.00. The van der Waals surface area contributed by atoms with E-state index in [9.17, 15) is 9.59 Å². The van der Waals surface area contributed by atoms with Crippen LogP contribution in [-0.4, -0.2) is 28.3 Å². The van der Waals surface area contributed by atoms with Crippen LogP contribution < -0.4 is 5.32 Å². The van der Waals surface area contributed by atoms with Gasteiger partial charge in [-0.3, -0.25) is 9.59 Å². The number of aliphatic carboxylic acids is 1. The lowest BCUT2D eigenvalue weighted by Gasteiger charge is -2.27. The molecule has 1 unspecified atom stereocenters. The van der Waals surface area contributed by atoms with E-state index in [1.807, 2.05) is 6.92 Å². The van der Waals surface area contributed by atoms with Gasteiger partial charge in [0.25, 0.3) is 0 Å². The third kappa shape index (κ3) is 5.30. The van der Waals surface area contributed by atoms with Crippen LogP contribution in [-0.2, 0) is 9.59 Å². The van der Waals surface area contributed by atoms with E-state index in [4.69, 9.17) is 28.3 Å². The number of hydrogen-bond donors (Lipinski definition) is 2. The van der Waals surface area contributed by atoms with Crippen LogP contribution >= 0.6 is 35.0 Å². The number of carboxylic acid groups (broad SMARTS) is 1. The number of rotatable bonds is 5. The van der Waals surface area contributed by atoms with Gasteiger partial charge in [0.15, 0.2) is 0 Å². The minimum absolute atomic E-state index is 0.0518. The van der Waals surface area contributed by atoms with Crippen molar-refractivity contribution in [1.82, 2.24) is 5.32 Å². The summed E-state index contributed by atoms with van der Waals surface area (Å²) in [6.07, 6.45) is 2.64. The lowest BCUT2D eigenvalue weighted by Crippen LogP contribution is -2.42. The monoisotopic (exact) mass is 375 g/mol. The molecule has 1 aromatic rings. The molecule has 0 radical (unpaired) electrons. The van der Waals surface area contributed by atoms with E-state index in [0.29, 0.717) is 35.7 Å². The average molecular weight is 376 g/mol. The van der Waals surface area contributed by atoms with Gasteiger partial charge in [-0.05, 0) is 50.8 Å². The molecule has 0 bridgehead atoms. The zero-order valence-corrected chi connectivity index (χ0v) is 15.0. The predicted molar refractivity (Wildman–Crippen MR) is 93.3 cm³/mol. The van der Waals surface area contributed by atoms with Gasteiger partial charge in [0, 0.05) is 16.0 Å². The molecule has 0 aromatic heterocycles. The molecule has 1 aliphatic carbocycles. The lowest BCUT2D eigenvalue weighted by atomic mass is 9.86.